The van der Waals surface area contributed by atoms with E-state index in [-0.39, 0.29) is 11.1 Å². The largest absolute Gasteiger partial charge is 0.478 e. The summed E-state index contributed by atoms with van der Waals surface area (Å²) < 4.78 is 1.56. The molecule has 20 heavy (non-hydrogen) atoms. The minimum absolute atomic E-state index is 0.127. The number of carboxylic acid groups (broad SMARTS) is 1. The molecule has 112 valence electrons. The highest BCUT2D eigenvalue weighted by Gasteiger charge is 2.16. The molecule has 0 aliphatic carbocycles. The van der Waals surface area contributed by atoms with E-state index in [2.05, 4.69) is 18.7 Å². The lowest BCUT2D eigenvalue weighted by Crippen LogP contribution is -2.33. The monoisotopic (exact) mass is 280 g/mol. The number of aromatic nitrogens is 1. The lowest BCUT2D eigenvalue weighted by molar-refractivity contribution is 0.0694. The molecule has 0 aliphatic heterocycles. The average molecular weight is 280 g/mol. The summed E-state index contributed by atoms with van der Waals surface area (Å²) in [4.78, 5) is 25.6. The van der Waals surface area contributed by atoms with Gasteiger partial charge in [0.1, 0.15) is 0 Å². The number of rotatable bonds is 7. The lowest BCUT2D eigenvalue weighted by atomic mass is 10.1. The van der Waals surface area contributed by atoms with Crippen LogP contribution in [-0.4, -0.2) is 40.2 Å². The van der Waals surface area contributed by atoms with Gasteiger partial charge in [-0.25, -0.2) is 4.79 Å². The van der Waals surface area contributed by atoms with E-state index in [0.717, 1.165) is 26.1 Å². The number of aromatic carboxylic acids is 1. The third-order valence-corrected chi connectivity index (χ3v) is 3.61. The van der Waals surface area contributed by atoms with E-state index >= 15 is 0 Å². The number of hydrogen-bond donors (Lipinski definition) is 1. The summed E-state index contributed by atoms with van der Waals surface area (Å²) in [5, 5.41) is 9.24. The standard InChI is InChI=1S/C15H24N2O3/c1-5-7-16(6-2)8-9-17-12(4)14(15(19)20)11(3)10-13(17)18/h10H,5-9H2,1-4H3,(H,19,20). The van der Waals surface area contributed by atoms with Crippen molar-refractivity contribution >= 4 is 5.97 Å². The molecule has 5 heteroatoms. The van der Waals surface area contributed by atoms with Crippen LogP contribution in [0.5, 0.6) is 0 Å². The molecule has 0 unspecified atom stereocenters. The van der Waals surface area contributed by atoms with Gasteiger partial charge in [-0.2, -0.15) is 0 Å². The molecule has 0 atom stereocenters. The minimum Gasteiger partial charge on any atom is -0.478 e. The van der Waals surface area contributed by atoms with E-state index in [4.69, 9.17) is 0 Å². The molecule has 1 rings (SSSR count). The van der Waals surface area contributed by atoms with Crippen LogP contribution in [0.25, 0.3) is 0 Å². The topological polar surface area (TPSA) is 62.5 Å². The van der Waals surface area contributed by atoms with Crippen LogP contribution in [0.4, 0.5) is 0 Å². The number of aryl methyl sites for hydroxylation is 1. The van der Waals surface area contributed by atoms with Crippen LogP contribution < -0.4 is 5.56 Å². The molecule has 0 fully saturated rings. The maximum atomic E-state index is 12.0. The van der Waals surface area contributed by atoms with Crippen molar-refractivity contribution in [3.05, 3.63) is 33.2 Å². The van der Waals surface area contributed by atoms with Crippen molar-refractivity contribution in [2.75, 3.05) is 19.6 Å². The second-order valence-corrected chi connectivity index (χ2v) is 5.02. The van der Waals surface area contributed by atoms with Gasteiger partial charge in [0.05, 0.1) is 5.56 Å². The smallest absolute Gasteiger partial charge is 0.337 e. The summed E-state index contributed by atoms with van der Waals surface area (Å²) in [6, 6.07) is 1.41. The fourth-order valence-corrected chi connectivity index (χ4v) is 2.51. The molecular formula is C15H24N2O3. The summed E-state index contributed by atoms with van der Waals surface area (Å²) in [7, 11) is 0. The number of carbonyl (C=O) groups is 1. The van der Waals surface area contributed by atoms with Crippen molar-refractivity contribution < 1.29 is 9.90 Å². The zero-order valence-corrected chi connectivity index (χ0v) is 12.8. The third kappa shape index (κ3) is 3.70. The van der Waals surface area contributed by atoms with Gasteiger partial charge in [0, 0.05) is 24.8 Å². The highest BCUT2D eigenvalue weighted by molar-refractivity contribution is 5.90. The molecule has 5 nitrogen and oxygen atoms in total. The van der Waals surface area contributed by atoms with Crippen molar-refractivity contribution in [3.8, 4) is 0 Å². The Hall–Kier alpha value is -1.62. The fraction of sp³-hybridized carbons (Fsp3) is 0.600. The summed E-state index contributed by atoms with van der Waals surface area (Å²) in [6.07, 6.45) is 1.07. The van der Waals surface area contributed by atoms with Crippen molar-refractivity contribution in [1.82, 2.24) is 9.47 Å². The highest BCUT2D eigenvalue weighted by Crippen LogP contribution is 2.11. The Morgan fingerprint density at radius 1 is 1.30 bits per heavy atom. The van der Waals surface area contributed by atoms with Crippen molar-refractivity contribution in [2.24, 2.45) is 0 Å². The van der Waals surface area contributed by atoms with Crippen LogP contribution in [0.2, 0.25) is 0 Å². The molecule has 0 radical (unpaired) electrons. The number of likely N-dealkylation sites (N-methyl/N-ethyl adjacent to an activating group) is 1. The second-order valence-electron chi connectivity index (χ2n) is 5.02. The third-order valence-electron chi connectivity index (χ3n) is 3.61. The number of nitrogens with zero attached hydrogens (tertiary/aromatic N) is 2. The molecular weight excluding hydrogens is 256 g/mol. The van der Waals surface area contributed by atoms with Crippen LogP contribution >= 0.6 is 0 Å². The molecule has 1 aromatic heterocycles. The first-order valence-electron chi connectivity index (χ1n) is 7.09. The zero-order valence-electron chi connectivity index (χ0n) is 12.8. The van der Waals surface area contributed by atoms with Gasteiger partial charge in [-0.15, -0.1) is 0 Å². The van der Waals surface area contributed by atoms with E-state index < -0.39 is 5.97 Å². The first-order chi connectivity index (χ1) is 9.42. The first-order valence-corrected chi connectivity index (χ1v) is 7.09. The Bertz CT molecular complexity index is 535. The van der Waals surface area contributed by atoms with Crippen molar-refractivity contribution in [3.63, 3.8) is 0 Å². The van der Waals surface area contributed by atoms with Gasteiger partial charge in [-0.3, -0.25) is 4.79 Å². The van der Waals surface area contributed by atoms with E-state index in [0.29, 0.717) is 17.8 Å². The zero-order chi connectivity index (χ0) is 15.3. The minimum atomic E-state index is -0.977. The number of hydrogen-bond acceptors (Lipinski definition) is 3. The van der Waals surface area contributed by atoms with Gasteiger partial charge in [0.2, 0.25) is 0 Å². The van der Waals surface area contributed by atoms with Crippen LogP contribution in [0, 0.1) is 13.8 Å². The maximum Gasteiger partial charge on any atom is 0.337 e. The van der Waals surface area contributed by atoms with Gasteiger partial charge in [0.15, 0.2) is 0 Å². The Morgan fingerprint density at radius 2 is 1.95 bits per heavy atom. The van der Waals surface area contributed by atoms with E-state index in [1.807, 2.05) is 0 Å². The number of carboxylic acids is 1. The summed E-state index contributed by atoms with van der Waals surface area (Å²) >= 11 is 0. The van der Waals surface area contributed by atoms with Gasteiger partial charge in [-0.05, 0) is 38.9 Å². The molecule has 0 amide bonds. The summed E-state index contributed by atoms with van der Waals surface area (Å²) in [6.45, 7) is 10.8. The van der Waals surface area contributed by atoms with Crippen molar-refractivity contribution in [1.29, 1.82) is 0 Å². The Kier molecular flexibility index (Phi) is 5.95. The summed E-state index contributed by atoms with van der Waals surface area (Å²) in [5.74, 6) is -0.977. The predicted octanol–water partition coefficient (Wildman–Crippen LogP) is 1.90. The highest BCUT2D eigenvalue weighted by atomic mass is 16.4. The van der Waals surface area contributed by atoms with Crippen LogP contribution in [0.15, 0.2) is 10.9 Å². The normalized spacial score (nSPS) is 11.1. The van der Waals surface area contributed by atoms with E-state index in [9.17, 15) is 14.7 Å². The SMILES string of the molecule is CCCN(CC)CCn1c(C)c(C(=O)O)c(C)cc1=O. The van der Waals surface area contributed by atoms with Crippen LogP contribution in [-0.2, 0) is 6.54 Å². The van der Waals surface area contributed by atoms with Gasteiger partial charge in [0.25, 0.3) is 5.56 Å². The predicted molar refractivity (Wildman–Crippen MR) is 79.5 cm³/mol. The van der Waals surface area contributed by atoms with E-state index in [1.54, 1.807) is 18.4 Å². The summed E-state index contributed by atoms with van der Waals surface area (Å²) in [5.41, 5.74) is 1.17. The molecule has 1 aromatic rings. The first kappa shape index (κ1) is 16.4. The Balaban J connectivity index is 3.04. The molecule has 1 heterocycles. The molecule has 0 bridgehead atoms. The lowest BCUT2D eigenvalue weighted by Gasteiger charge is -2.21. The fourth-order valence-electron chi connectivity index (χ4n) is 2.51. The molecule has 0 spiro atoms. The Labute approximate surface area is 119 Å². The molecule has 0 aromatic carbocycles. The Morgan fingerprint density at radius 3 is 2.45 bits per heavy atom. The quantitative estimate of drug-likeness (QED) is 0.828. The molecule has 0 aliphatic rings. The molecule has 1 N–H and O–H groups in total. The van der Waals surface area contributed by atoms with Crippen LogP contribution in [0.3, 0.4) is 0 Å². The van der Waals surface area contributed by atoms with E-state index in [1.165, 1.54) is 6.07 Å². The number of pyridine rings is 1. The average Bonchev–Trinajstić information content (AvgIpc) is 2.36. The molecule has 0 saturated carbocycles. The molecule has 0 saturated heterocycles. The van der Waals surface area contributed by atoms with Gasteiger partial charge in [-0.1, -0.05) is 13.8 Å². The van der Waals surface area contributed by atoms with Gasteiger partial charge < -0.3 is 14.6 Å². The van der Waals surface area contributed by atoms with Crippen molar-refractivity contribution in [2.45, 2.75) is 40.7 Å². The second kappa shape index (κ2) is 7.24. The maximum absolute atomic E-state index is 12.0. The van der Waals surface area contributed by atoms with Crippen LogP contribution in [0.1, 0.15) is 41.9 Å². The van der Waals surface area contributed by atoms with Gasteiger partial charge >= 0.3 is 5.97 Å².